The predicted octanol–water partition coefficient (Wildman–Crippen LogP) is 0.217. The van der Waals surface area contributed by atoms with Gasteiger partial charge in [0.1, 0.15) is 5.69 Å². The first-order chi connectivity index (χ1) is 12.0. The van der Waals surface area contributed by atoms with Crippen LogP contribution in [-0.2, 0) is 16.1 Å². The van der Waals surface area contributed by atoms with Gasteiger partial charge < -0.3 is 14.7 Å². The Bertz CT molecular complexity index is 834. The number of aliphatic carboxylic acids is 1. The maximum atomic E-state index is 12.6. The van der Waals surface area contributed by atoms with E-state index in [1.165, 1.54) is 21.7 Å². The minimum Gasteiger partial charge on any atom is -0.479 e. The van der Waals surface area contributed by atoms with Crippen molar-refractivity contribution >= 4 is 11.9 Å². The largest absolute Gasteiger partial charge is 0.479 e. The molecule has 1 aliphatic heterocycles. The Morgan fingerprint density at radius 3 is 2.68 bits per heavy atom. The number of amides is 1. The van der Waals surface area contributed by atoms with Crippen molar-refractivity contribution in [1.82, 2.24) is 14.7 Å². The molecule has 1 atom stereocenters. The van der Waals surface area contributed by atoms with Gasteiger partial charge in [-0.05, 0) is 11.6 Å². The average Bonchev–Trinajstić information content (AvgIpc) is 2.64. The van der Waals surface area contributed by atoms with E-state index in [9.17, 15) is 14.4 Å². The van der Waals surface area contributed by atoms with E-state index in [1.54, 1.807) is 0 Å². The molecule has 1 aromatic heterocycles. The fourth-order valence-electron chi connectivity index (χ4n) is 2.58. The second kappa shape index (κ2) is 7.27. The molecule has 3 rings (SSSR count). The first-order valence-electron chi connectivity index (χ1n) is 7.80. The number of ether oxygens (including phenoxy) is 1. The van der Waals surface area contributed by atoms with Crippen LogP contribution in [0.15, 0.2) is 47.3 Å². The molecular formula is C17H17N3O5. The zero-order valence-corrected chi connectivity index (χ0v) is 13.4. The lowest BCUT2D eigenvalue weighted by atomic mass is 10.2. The molecule has 0 spiro atoms. The van der Waals surface area contributed by atoms with Gasteiger partial charge in [-0.15, -0.1) is 0 Å². The lowest BCUT2D eigenvalue weighted by molar-refractivity contribution is -0.154. The third kappa shape index (κ3) is 3.92. The van der Waals surface area contributed by atoms with Crippen LogP contribution in [-0.4, -0.2) is 57.5 Å². The van der Waals surface area contributed by atoms with Crippen LogP contribution >= 0.6 is 0 Å². The van der Waals surface area contributed by atoms with Crippen LogP contribution in [0.3, 0.4) is 0 Å². The van der Waals surface area contributed by atoms with E-state index >= 15 is 0 Å². The fourth-order valence-corrected chi connectivity index (χ4v) is 2.58. The molecule has 1 fully saturated rings. The molecule has 8 nitrogen and oxygen atoms in total. The van der Waals surface area contributed by atoms with Crippen molar-refractivity contribution in [3.63, 3.8) is 0 Å². The smallest absolute Gasteiger partial charge is 0.334 e. The van der Waals surface area contributed by atoms with Gasteiger partial charge in [0, 0.05) is 12.6 Å². The van der Waals surface area contributed by atoms with Crippen molar-refractivity contribution in [2.75, 3.05) is 19.7 Å². The van der Waals surface area contributed by atoms with E-state index in [1.807, 2.05) is 30.3 Å². The van der Waals surface area contributed by atoms with E-state index in [-0.39, 0.29) is 37.5 Å². The summed E-state index contributed by atoms with van der Waals surface area (Å²) in [5, 5.41) is 13.2. The summed E-state index contributed by atoms with van der Waals surface area (Å²) in [5.74, 6) is -1.53. The third-order valence-electron chi connectivity index (χ3n) is 3.89. The molecule has 2 aromatic rings. The Hall–Kier alpha value is -3.00. The number of carbonyl (C=O) groups is 2. The van der Waals surface area contributed by atoms with E-state index in [4.69, 9.17) is 9.84 Å². The van der Waals surface area contributed by atoms with Crippen LogP contribution in [0.4, 0.5) is 0 Å². The summed E-state index contributed by atoms with van der Waals surface area (Å²) in [6.45, 7) is 0.629. The molecule has 0 aliphatic carbocycles. The second-order valence-electron chi connectivity index (χ2n) is 5.65. The molecule has 25 heavy (non-hydrogen) atoms. The van der Waals surface area contributed by atoms with Gasteiger partial charge in [-0.1, -0.05) is 30.3 Å². The van der Waals surface area contributed by atoms with E-state index in [2.05, 4.69) is 5.10 Å². The molecule has 2 heterocycles. The summed E-state index contributed by atoms with van der Waals surface area (Å²) in [4.78, 5) is 37.0. The highest BCUT2D eigenvalue weighted by Crippen LogP contribution is 2.09. The molecule has 1 amide bonds. The van der Waals surface area contributed by atoms with Crippen molar-refractivity contribution in [2.24, 2.45) is 0 Å². The number of hydrogen-bond donors (Lipinski definition) is 1. The monoisotopic (exact) mass is 343 g/mol. The molecule has 8 heteroatoms. The van der Waals surface area contributed by atoms with Crippen LogP contribution in [0.25, 0.3) is 0 Å². The van der Waals surface area contributed by atoms with Crippen molar-refractivity contribution in [1.29, 1.82) is 0 Å². The van der Waals surface area contributed by atoms with E-state index in [0.29, 0.717) is 0 Å². The zero-order chi connectivity index (χ0) is 17.8. The molecule has 130 valence electrons. The van der Waals surface area contributed by atoms with Gasteiger partial charge in [-0.2, -0.15) is 5.10 Å². The third-order valence-corrected chi connectivity index (χ3v) is 3.89. The summed E-state index contributed by atoms with van der Waals surface area (Å²) >= 11 is 0. The Kier molecular flexibility index (Phi) is 4.90. The first kappa shape index (κ1) is 16.8. The normalized spacial score (nSPS) is 17.3. The fraction of sp³-hybridized carbons (Fsp3) is 0.294. The lowest BCUT2D eigenvalue weighted by Crippen LogP contribution is -2.49. The predicted molar refractivity (Wildman–Crippen MR) is 87.3 cm³/mol. The number of rotatable bonds is 4. The van der Waals surface area contributed by atoms with Crippen molar-refractivity contribution in [3.05, 3.63) is 64.1 Å². The first-order valence-corrected chi connectivity index (χ1v) is 7.80. The minimum absolute atomic E-state index is 0.0480. The maximum absolute atomic E-state index is 12.6. The van der Waals surface area contributed by atoms with Crippen LogP contribution in [0.2, 0.25) is 0 Å². The quantitative estimate of drug-likeness (QED) is 0.852. The topological polar surface area (TPSA) is 102 Å². The number of carboxylic acid groups (broad SMARTS) is 1. The highest BCUT2D eigenvalue weighted by Gasteiger charge is 2.30. The molecule has 0 bridgehead atoms. The van der Waals surface area contributed by atoms with E-state index in [0.717, 1.165) is 5.56 Å². The number of benzene rings is 1. The van der Waals surface area contributed by atoms with Crippen molar-refractivity contribution in [3.8, 4) is 0 Å². The maximum Gasteiger partial charge on any atom is 0.334 e. The number of hydrogen-bond acceptors (Lipinski definition) is 5. The Labute approximate surface area is 143 Å². The van der Waals surface area contributed by atoms with Crippen LogP contribution in [0, 0.1) is 0 Å². The number of carboxylic acids is 1. The number of morpholine rings is 1. The Morgan fingerprint density at radius 1 is 1.20 bits per heavy atom. The summed E-state index contributed by atoms with van der Waals surface area (Å²) < 4.78 is 6.33. The zero-order valence-electron chi connectivity index (χ0n) is 13.4. The average molecular weight is 343 g/mol. The Balaban J connectivity index is 1.80. The SMILES string of the molecule is O=C(O)[C@H]1CN(C(=O)c2ccc(=O)n(Cc3ccccc3)n2)CCO1. The minimum atomic E-state index is -1.11. The summed E-state index contributed by atoms with van der Waals surface area (Å²) in [5.41, 5.74) is 0.673. The van der Waals surface area contributed by atoms with Crippen molar-refractivity contribution in [2.45, 2.75) is 12.6 Å². The van der Waals surface area contributed by atoms with Crippen molar-refractivity contribution < 1.29 is 19.4 Å². The van der Waals surface area contributed by atoms with Crippen LogP contribution in [0.5, 0.6) is 0 Å². The molecule has 0 unspecified atom stereocenters. The van der Waals surface area contributed by atoms with Crippen LogP contribution < -0.4 is 5.56 Å². The molecule has 0 radical (unpaired) electrons. The van der Waals surface area contributed by atoms with Gasteiger partial charge in [-0.3, -0.25) is 9.59 Å². The van der Waals surface area contributed by atoms with Gasteiger partial charge in [0.25, 0.3) is 11.5 Å². The molecular weight excluding hydrogens is 326 g/mol. The molecule has 1 aliphatic rings. The number of aromatic nitrogens is 2. The highest BCUT2D eigenvalue weighted by atomic mass is 16.5. The number of nitrogens with zero attached hydrogens (tertiary/aromatic N) is 3. The summed E-state index contributed by atoms with van der Waals surface area (Å²) in [7, 11) is 0. The van der Waals surface area contributed by atoms with Crippen LogP contribution in [0.1, 0.15) is 16.1 Å². The van der Waals surface area contributed by atoms with Gasteiger partial charge in [0.05, 0.1) is 19.7 Å². The highest BCUT2D eigenvalue weighted by molar-refractivity contribution is 5.92. The summed E-state index contributed by atoms with van der Waals surface area (Å²) in [6, 6.07) is 12.0. The van der Waals surface area contributed by atoms with Gasteiger partial charge >= 0.3 is 5.97 Å². The Morgan fingerprint density at radius 2 is 1.96 bits per heavy atom. The van der Waals surface area contributed by atoms with Gasteiger partial charge in [0.2, 0.25) is 0 Å². The molecule has 0 saturated carbocycles. The summed E-state index contributed by atoms with van der Waals surface area (Å²) in [6.07, 6.45) is -1.05. The number of carbonyl (C=O) groups excluding carboxylic acids is 1. The molecule has 1 aromatic carbocycles. The lowest BCUT2D eigenvalue weighted by Gasteiger charge is -2.30. The van der Waals surface area contributed by atoms with Gasteiger partial charge in [-0.25, -0.2) is 9.48 Å². The van der Waals surface area contributed by atoms with E-state index < -0.39 is 18.0 Å². The van der Waals surface area contributed by atoms with Gasteiger partial charge in [0.15, 0.2) is 6.10 Å². The second-order valence-corrected chi connectivity index (χ2v) is 5.65. The standard InChI is InChI=1S/C17H17N3O5/c21-15-7-6-13(18-20(15)10-12-4-2-1-3-5-12)16(22)19-8-9-25-14(11-19)17(23)24/h1-7,14H,8-11H2,(H,23,24)/t14-/m1/s1. The molecule has 1 saturated heterocycles. The molecule has 1 N–H and O–H groups in total.